The summed E-state index contributed by atoms with van der Waals surface area (Å²) in [6.07, 6.45) is 2.65. The number of halogens is 2. The Morgan fingerprint density at radius 3 is 3.12 bits per heavy atom. The number of nitrogens with zero attached hydrogens (tertiary/aromatic N) is 2. The average Bonchev–Trinajstić information content (AvgIpc) is 2.83. The maximum Gasteiger partial charge on any atom is 0.152 e. The van der Waals surface area contributed by atoms with Crippen molar-refractivity contribution in [3.63, 3.8) is 0 Å². The first kappa shape index (κ1) is 10.2. The van der Waals surface area contributed by atoms with E-state index in [0.29, 0.717) is 12.1 Å². The molecule has 3 nitrogen and oxygen atoms in total. The molecule has 0 amide bonds. The Hall–Kier alpha value is -0.940. The first-order chi connectivity index (χ1) is 7.75. The SMILES string of the molecule is Fc1cc(Br)cc2c1ncn2C1CCOC1. The van der Waals surface area contributed by atoms with Crippen LogP contribution in [0.4, 0.5) is 4.39 Å². The van der Waals surface area contributed by atoms with Crippen LogP contribution in [0.1, 0.15) is 12.5 Å². The minimum absolute atomic E-state index is 0.277. The molecule has 0 spiro atoms. The summed E-state index contributed by atoms with van der Waals surface area (Å²) < 4.78 is 21.7. The molecule has 0 bridgehead atoms. The molecule has 3 rings (SSSR count). The molecule has 0 aliphatic carbocycles. The van der Waals surface area contributed by atoms with Gasteiger partial charge in [0.25, 0.3) is 0 Å². The fourth-order valence-corrected chi connectivity index (χ4v) is 2.51. The lowest BCUT2D eigenvalue weighted by Crippen LogP contribution is -2.06. The van der Waals surface area contributed by atoms with E-state index in [1.807, 2.05) is 10.6 Å². The van der Waals surface area contributed by atoms with Crippen LogP contribution in [0, 0.1) is 5.82 Å². The van der Waals surface area contributed by atoms with E-state index < -0.39 is 0 Å². The van der Waals surface area contributed by atoms with Crippen LogP contribution in [0.2, 0.25) is 0 Å². The monoisotopic (exact) mass is 284 g/mol. The highest BCUT2D eigenvalue weighted by molar-refractivity contribution is 9.10. The highest BCUT2D eigenvalue weighted by atomic mass is 79.9. The van der Waals surface area contributed by atoms with E-state index in [9.17, 15) is 4.39 Å². The van der Waals surface area contributed by atoms with Crippen molar-refractivity contribution < 1.29 is 9.13 Å². The predicted octanol–water partition coefficient (Wildman–Crippen LogP) is 2.90. The summed E-state index contributed by atoms with van der Waals surface area (Å²) in [6.45, 7) is 1.44. The third kappa shape index (κ3) is 1.55. The minimum atomic E-state index is -0.290. The molecule has 1 unspecified atom stereocenters. The van der Waals surface area contributed by atoms with Gasteiger partial charge in [0, 0.05) is 11.1 Å². The van der Waals surface area contributed by atoms with Crippen molar-refractivity contribution >= 4 is 27.0 Å². The maximum atomic E-state index is 13.6. The van der Waals surface area contributed by atoms with Crippen LogP contribution in [0.25, 0.3) is 11.0 Å². The summed E-state index contributed by atoms with van der Waals surface area (Å²) in [4.78, 5) is 4.12. The van der Waals surface area contributed by atoms with Crippen LogP contribution in [0.3, 0.4) is 0 Å². The van der Waals surface area contributed by atoms with Crippen molar-refractivity contribution in [2.24, 2.45) is 0 Å². The Kier molecular flexibility index (Phi) is 2.44. The molecular formula is C11H10BrFN2O. The number of hydrogen-bond acceptors (Lipinski definition) is 2. The van der Waals surface area contributed by atoms with Gasteiger partial charge < -0.3 is 9.30 Å². The number of aromatic nitrogens is 2. The Morgan fingerprint density at radius 2 is 2.38 bits per heavy atom. The average molecular weight is 285 g/mol. The zero-order chi connectivity index (χ0) is 11.1. The van der Waals surface area contributed by atoms with E-state index in [1.54, 1.807) is 6.33 Å². The Bertz CT molecular complexity index is 534. The molecule has 1 aromatic carbocycles. The number of benzene rings is 1. The number of hydrogen-bond donors (Lipinski definition) is 0. The van der Waals surface area contributed by atoms with Gasteiger partial charge in [0.2, 0.25) is 0 Å². The van der Waals surface area contributed by atoms with Crippen molar-refractivity contribution in [3.05, 3.63) is 28.7 Å². The van der Waals surface area contributed by atoms with Gasteiger partial charge in [-0.3, -0.25) is 0 Å². The molecule has 1 fully saturated rings. The van der Waals surface area contributed by atoms with Crippen molar-refractivity contribution in [3.8, 4) is 0 Å². The molecule has 1 aromatic heterocycles. The molecule has 2 aromatic rings. The molecule has 1 aliphatic heterocycles. The molecule has 1 saturated heterocycles. The van der Waals surface area contributed by atoms with E-state index in [0.717, 1.165) is 23.0 Å². The predicted molar refractivity (Wildman–Crippen MR) is 61.9 cm³/mol. The van der Waals surface area contributed by atoms with E-state index in [2.05, 4.69) is 20.9 Å². The third-order valence-electron chi connectivity index (χ3n) is 2.90. The summed E-state index contributed by atoms with van der Waals surface area (Å²) in [7, 11) is 0. The highest BCUT2D eigenvalue weighted by Crippen LogP contribution is 2.27. The molecule has 84 valence electrons. The highest BCUT2D eigenvalue weighted by Gasteiger charge is 2.20. The molecule has 1 atom stereocenters. The normalized spacial score (nSPS) is 20.8. The Morgan fingerprint density at radius 1 is 1.50 bits per heavy atom. The second-order valence-electron chi connectivity index (χ2n) is 3.92. The first-order valence-corrected chi connectivity index (χ1v) is 5.94. The Labute approximate surface area is 100 Å². The second-order valence-corrected chi connectivity index (χ2v) is 4.84. The van der Waals surface area contributed by atoms with Gasteiger partial charge in [-0.1, -0.05) is 15.9 Å². The maximum absolute atomic E-state index is 13.6. The van der Waals surface area contributed by atoms with Gasteiger partial charge in [0.15, 0.2) is 5.82 Å². The van der Waals surface area contributed by atoms with E-state index in [-0.39, 0.29) is 11.9 Å². The standard InChI is InChI=1S/C11H10BrFN2O/c12-7-3-9(13)11-10(4-7)15(6-14-11)8-1-2-16-5-8/h3-4,6,8H,1-2,5H2. The van der Waals surface area contributed by atoms with Crippen LogP contribution in [0.5, 0.6) is 0 Å². The van der Waals surface area contributed by atoms with Crippen molar-refractivity contribution in [2.75, 3.05) is 13.2 Å². The summed E-state index contributed by atoms with van der Waals surface area (Å²) in [5.74, 6) is -0.290. The lowest BCUT2D eigenvalue weighted by atomic mass is 10.2. The zero-order valence-electron chi connectivity index (χ0n) is 8.49. The molecule has 1 aliphatic rings. The molecule has 0 N–H and O–H groups in total. The van der Waals surface area contributed by atoms with Crippen molar-refractivity contribution in [1.29, 1.82) is 0 Å². The fourth-order valence-electron chi connectivity index (χ4n) is 2.09. The lowest BCUT2D eigenvalue weighted by Gasteiger charge is -2.10. The molecule has 2 heterocycles. The van der Waals surface area contributed by atoms with Crippen LogP contribution in [-0.2, 0) is 4.74 Å². The summed E-state index contributed by atoms with van der Waals surface area (Å²) in [6, 6.07) is 3.60. The number of fused-ring (bicyclic) bond motifs is 1. The number of ether oxygens (including phenoxy) is 1. The molecule has 0 radical (unpaired) electrons. The number of rotatable bonds is 1. The summed E-state index contributed by atoms with van der Waals surface area (Å²) >= 11 is 3.30. The molecule has 16 heavy (non-hydrogen) atoms. The van der Waals surface area contributed by atoms with Gasteiger partial charge >= 0.3 is 0 Å². The third-order valence-corrected chi connectivity index (χ3v) is 3.35. The smallest absolute Gasteiger partial charge is 0.152 e. The van der Waals surface area contributed by atoms with Crippen LogP contribution < -0.4 is 0 Å². The van der Waals surface area contributed by atoms with E-state index in [1.165, 1.54) is 6.07 Å². The van der Waals surface area contributed by atoms with Crippen LogP contribution in [-0.4, -0.2) is 22.8 Å². The van der Waals surface area contributed by atoms with Gasteiger partial charge in [-0.05, 0) is 18.6 Å². The topological polar surface area (TPSA) is 27.1 Å². The lowest BCUT2D eigenvalue weighted by molar-refractivity contribution is 0.187. The minimum Gasteiger partial charge on any atom is -0.379 e. The van der Waals surface area contributed by atoms with Gasteiger partial charge in [0.05, 0.1) is 24.5 Å². The van der Waals surface area contributed by atoms with Gasteiger partial charge in [-0.25, -0.2) is 9.37 Å². The quantitative estimate of drug-likeness (QED) is 0.805. The molecule has 0 saturated carbocycles. The summed E-state index contributed by atoms with van der Waals surface area (Å²) in [5.41, 5.74) is 1.25. The fraction of sp³-hybridized carbons (Fsp3) is 0.364. The molecule has 5 heteroatoms. The first-order valence-electron chi connectivity index (χ1n) is 5.15. The largest absolute Gasteiger partial charge is 0.379 e. The van der Waals surface area contributed by atoms with Crippen molar-refractivity contribution in [1.82, 2.24) is 9.55 Å². The summed E-state index contributed by atoms with van der Waals surface area (Å²) in [5, 5.41) is 0. The van der Waals surface area contributed by atoms with Gasteiger partial charge in [0.1, 0.15) is 5.52 Å². The Balaban J connectivity index is 2.18. The van der Waals surface area contributed by atoms with E-state index in [4.69, 9.17) is 4.74 Å². The second kappa shape index (κ2) is 3.82. The molecular weight excluding hydrogens is 275 g/mol. The van der Waals surface area contributed by atoms with Gasteiger partial charge in [-0.15, -0.1) is 0 Å². The van der Waals surface area contributed by atoms with Crippen LogP contribution >= 0.6 is 15.9 Å². The van der Waals surface area contributed by atoms with Crippen LogP contribution in [0.15, 0.2) is 22.9 Å². The van der Waals surface area contributed by atoms with Crippen molar-refractivity contribution in [2.45, 2.75) is 12.5 Å². The number of imidazole rings is 1. The van der Waals surface area contributed by atoms with Gasteiger partial charge in [-0.2, -0.15) is 0 Å². The van der Waals surface area contributed by atoms with E-state index >= 15 is 0 Å². The zero-order valence-corrected chi connectivity index (χ0v) is 10.1.